The number of aromatic amines is 1. The number of fused-ring (bicyclic) bond motifs is 1. The summed E-state index contributed by atoms with van der Waals surface area (Å²) in [7, 11) is 0. The van der Waals surface area contributed by atoms with E-state index in [2.05, 4.69) is 52.9 Å². The van der Waals surface area contributed by atoms with Gasteiger partial charge in [-0.25, -0.2) is 0 Å². The van der Waals surface area contributed by atoms with Crippen LogP contribution in [0.2, 0.25) is 0 Å². The van der Waals surface area contributed by atoms with Gasteiger partial charge in [0.05, 0.1) is 11.7 Å². The van der Waals surface area contributed by atoms with Crippen molar-refractivity contribution in [1.82, 2.24) is 14.8 Å². The summed E-state index contributed by atoms with van der Waals surface area (Å²) in [5.41, 5.74) is 4.52. The van der Waals surface area contributed by atoms with Crippen LogP contribution in [0.25, 0.3) is 16.6 Å². The minimum absolute atomic E-state index is 1.06. The lowest BCUT2D eigenvalue weighted by molar-refractivity contribution is 0.966. The average Bonchev–Trinajstić information content (AvgIpc) is 2.85. The summed E-state index contributed by atoms with van der Waals surface area (Å²) in [6.45, 7) is 4.14. The van der Waals surface area contributed by atoms with Gasteiger partial charge in [0.15, 0.2) is 0 Å². The van der Waals surface area contributed by atoms with E-state index in [1.165, 1.54) is 5.69 Å². The summed E-state index contributed by atoms with van der Waals surface area (Å²) >= 11 is 0. The van der Waals surface area contributed by atoms with Crippen molar-refractivity contribution in [2.45, 2.75) is 13.8 Å². The first-order chi connectivity index (χ1) is 7.75. The first-order valence-electron chi connectivity index (χ1n) is 5.26. The summed E-state index contributed by atoms with van der Waals surface area (Å²) < 4.78 is 2.18. The standard InChI is InChI=1S/C13H12N3/c1-9-3-4-10(2)16(9)12-6-5-11-8-14-15-13(11)7-12/h3,5-8H,1-2H3,(H,14,15). The van der Waals surface area contributed by atoms with E-state index in [9.17, 15) is 0 Å². The molecule has 0 amide bonds. The van der Waals surface area contributed by atoms with E-state index < -0.39 is 0 Å². The maximum atomic E-state index is 4.03. The second-order valence-electron chi connectivity index (χ2n) is 3.99. The Morgan fingerprint density at radius 2 is 2.19 bits per heavy atom. The molecule has 3 aromatic rings. The number of H-pyrrole nitrogens is 1. The summed E-state index contributed by atoms with van der Waals surface area (Å²) in [5, 5.41) is 8.15. The zero-order valence-electron chi connectivity index (χ0n) is 9.28. The zero-order valence-corrected chi connectivity index (χ0v) is 9.28. The highest BCUT2D eigenvalue weighted by Crippen LogP contribution is 2.19. The number of hydrogen-bond acceptors (Lipinski definition) is 1. The number of rotatable bonds is 1. The van der Waals surface area contributed by atoms with Gasteiger partial charge in [0.2, 0.25) is 0 Å². The Morgan fingerprint density at radius 1 is 1.31 bits per heavy atom. The molecule has 0 aliphatic rings. The van der Waals surface area contributed by atoms with Gasteiger partial charge in [0, 0.05) is 28.5 Å². The molecule has 0 bridgehead atoms. The molecule has 0 saturated carbocycles. The Morgan fingerprint density at radius 3 is 2.94 bits per heavy atom. The third-order valence-corrected chi connectivity index (χ3v) is 2.86. The van der Waals surface area contributed by atoms with Gasteiger partial charge in [-0.15, -0.1) is 0 Å². The molecule has 0 saturated heterocycles. The highest BCUT2D eigenvalue weighted by molar-refractivity contribution is 5.80. The Hall–Kier alpha value is -2.03. The van der Waals surface area contributed by atoms with Crippen LogP contribution in [-0.4, -0.2) is 14.8 Å². The summed E-state index contributed by atoms with van der Waals surface area (Å²) in [6, 6.07) is 11.5. The normalized spacial score (nSPS) is 11.1. The molecule has 3 nitrogen and oxygen atoms in total. The number of nitrogens with one attached hydrogen (secondary N) is 1. The van der Waals surface area contributed by atoms with E-state index in [-0.39, 0.29) is 0 Å². The van der Waals surface area contributed by atoms with Crippen LogP contribution in [0.5, 0.6) is 0 Å². The Balaban J connectivity index is 2.25. The molecule has 0 atom stereocenters. The molecule has 1 aromatic carbocycles. The molecule has 79 valence electrons. The van der Waals surface area contributed by atoms with Gasteiger partial charge in [0.1, 0.15) is 0 Å². The van der Waals surface area contributed by atoms with Crippen LogP contribution in [0, 0.1) is 19.9 Å². The SMILES string of the molecule is Cc1[c]cc(C)n1-c1ccc2cn[nH]c2c1. The minimum Gasteiger partial charge on any atom is -0.318 e. The Labute approximate surface area is 93.7 Å². The zero-order chi connectivity index (χ0) is 11.1. The van der Waals surface area contributed by atoms with Crippen molar-refractivity contribution in [2.24, 2.45) is 0 Å². The highest BCUT2D eigenvalue weighted by Gasteiger charge is 2.05. The van der Waals surface area contributed by atoms with Gasteiger partial charge in [-0.3, -0.25) is 5.10 Å². The fraction of sp³-hybridized carbons (Fsp3) is 0.154. The van der Waals surface area contributed by atoms with Gasteiger partial charge in [-0.1, -0.05) is 0 Å². The van der Waals surface area contributed by atoms with Crippen molar-refractivity contribution in [3.05, 3.63) is 47.9 Å². The maximum absolute atomic E-state index is 4.03. The lowest BCUT2D eigenvalue weighted by Crippen LogP contribution is -1.98. The monoisotopic (exact) mass is 210 g/mol. The molecular weight excluding hydrogens is 198 g/mol. The molecule has 2 aromatic heterocycles. The maximum Gasteiger partial charge on any atom is 0.0671 e. The predicted octanol–water partition coefficient (Wildman–Crippen LogP) is 2.77. The second-order valence-corrected chi connectivity index (χ2v) is 3.99. The van der Waals surface area contributed by atoms with Gasteiger partial charge in [0.25, 0.3) is 0 Å². The lowest BCUT2D eigenvalue weighted by Gasteiger charge is -2.08. The predicted molar refractivity (Wildman–Crippen MR) is 63.7 cm³/mol. The van der Waals surface area contributed by atoms with Crippen molar-refractivity contribution in [1.29, 1.82) is 0 Å². The topological polar surface area (TPSA) is 33.6 Å². The second kappa shape index (κ2) is 3.23. The lowest BCUT2D eigenvalue weighted by atomic mass is 10.2. The van der Waals surface area contributed by atoms with Gasteiger partial charge >= 0.3 is 0 Å². The minimum atomic E-state index is 1.06. The van der Waals surface area contributed by atoms with Crippen LogP contribution in [0.3, 0.4) is 0 Å². The van der Waals surface area contributed by atoms with E-state index in [0.717, 1.165) is 22.3 Å². The molecule has 1 radical (unpaired) electrons. The highest BCUT2D eigenvalue weighted by atomic mass is 15.1. The fourth-order valence-electron chi connectivity index (χ4n) is 2.06. The van der Waals surface area contributed by atoms with Crippen LogP contribution >= 0.6 is 0 Å². The van der Waals surface area contributed by atoms with Crippen LogP contribution in [-0.2, 0) is 0 Å². The van der Waals surface area contributed by atoms with Crippen LogP contribution in [0.15, 0.2) is 30.5 Å². The number of benzene rings is 1. The van der Waals surface area contributed by atoms with Crippen molar-refractivity contribution >= 4 is 10.9 Å². The van der Waals surface area contributed by atoms with Crippen molar-refractivity contribution in [2.75, 3.05) is 0 Å². The largest absolute Gasteiger partial charge is 0.318 e. The molecule has 0 spiro atoms. The molecule has 0 aliphatic heterocycles. The third kappa shape index (κ3) is 1.25. The number of hydrogen-bond donors (Lipinski definition) is 1. The van der Waals surface area contributed by atoms with Crippen molar-refractivity contribution in [3.63, 3.8) is 0 Å². The van der Waals surface area contributed by atoms with Crippen molar-refractivity contribution < 1.29 is 0 Å². The van der Waals surface area contributed by atoms with Crippen LogP contribution in [0.4, 0.5) is 0 Å². The Bertz CT molecular complexity index is 627. The summed E-state index contributed by atoms with van der Waals surface area (Å²) in [4.78, 5) is 0. The molecule has 0 aliphatic carbocycles. The number of aryl methyl sites for hydroxylation is 2. The van der Waals surface area contributed by atoms with Crippen LogP contribution < -0.4 is 0 Å². The van der Waals surface area contributed by atoms with Gasteiger partial charge in [-0.2, -0.15) is 5.10 Å². The fourth-order valence-corrected chi connectivity index (χ4v) is 2.06. The number of aromatic nitrogens is 3. The molecular formula is C13H12N3. The van der Waals surface area contributed by atoms with Gasteiger partial charge < -0.3 is 4.57 Å². The third-order valence-electron chi connectivity index (χ3n) is 2.86. The van der Waals surface area contributed by atoms with Gasteiger partial charge in [-0.05, 0) is 38.1 Å². The number of nitrogens with zero attached hydrogens (tertiary/aromatic N) is 2. The van der Waals surface area contributed by atoms with Crippen LogP contribution in [0.1, 0.15) is 11.4 Å². The first-order valence-corrected chi connectivity index (χ1v) is 5.26. The quantitative estimate of drug-likeness (QED) is 0.658. The molecule has 0 unspecified atom stereocenters. The molecule has 3 heteroatoms. The molecule has 16 heavy (non-hydrogen) atoms. The van der Waals surface area contributed by atoms with E-state index in [0.29, 0.717) is 0 Å². The summed E-state index contributed by atoms with van der Waals surface area (Å²) in [5.74, 6) is 0. The average molecular weight is 210 g/mol. The first kappa shape index (κ1) is 9.21. The Kier molecular flexibility index (Phi) is 1.86. The molecule has 1 N–H and O–H groups in total. The van der Waals surface area contributed by atoms with E-state index in [1.54, 1.807) is 0 Å². The van der Waals surface area contributed by atoms with E-state index in [1.807, 2.05) is 12.3 Å². The molecule has 0 fully saturated rings. The molecule has 2 heterocycles. The van der Waals surface area contributed by atoms with E-state index in [4.69, 9.17) is 0 Å². The molecule has 3 rings (SSSR count). The smallest absolute Gasteiger partial charge is 0.0671 e. The van der Waals surface area contributed by atoms with Crippen molar-refractivity contribution in [3.8, 4) is 5.69 Å². The van der Waals surface area contributed by atoms with E-state index >= 15 is 0 Å². The summed E-state index contributed by atoms with van der Waals surface area (Å²) in [6.07, 6.45) is 1.83.